The zero-order valence-electron chi connectivity index (χ0n) is 9.54. The molecule has 0 unspecified atom stereocenters. The molecule has 0 spiro atoms. The molecule has 92 valence electrons. The first-order valence-corrected chi connectivity index (χ1v) is 5.93. The first kappa shape index (κ1) is 12.6. The van der Waals surface area contributed by atoms with Gasteiger partial charge in [-0.2, -0.15) is 10.5 Å². The lowest BCUT2D eigenvalue weighted by atomic mass is 10.2. The highest BCUT2D eigenvalue weighted by Crippen LogP contribution is 2.34. The molecule has 3 N–H and O–H groups in total. The Balaban J connectivity index is 2.34. The van der Waals surface area contributed by atoms with Crippen LogP contribution in [0.15, 0.2) is 24.5 Å². The molecule has 6 nitrogen and oxygen atoms in total. The van der Waals surface area contributed by atoms with Crippen molar-refractivity contribution in [2.45, 2.75) is 0 Å². The van der Waals surface area contributed by atoms with Crippen LogP contribution in [-0.2, 0) is 0 Å². The second-order valence-corrected chi connectivity index (χ2v) is 4.51. The van der Waals surface area contributed by atoms with E-state index in [9.17, 15) is 4.79 Å². The van der Waals surface area contributed by atoms with Gasteiger partial charge in [0.2, 0.25) is 0 Å². The van der Waals surface area contributed by atoms with Gasteiger partial charge >= 0.3 is 0 Å². The van der Waals surface area contributed by atoms with Crippen LogP contribution in [0.2, 0.25) is 0 Å². The predicted octanol–water partition coefficient (Wildman–Crippen LogP) is 1.72. The van der Waals surface area contributed by atoms with E-state index in [1.807, 2.05) is 12.1 Å². The molecule has 7 heteroatoms. The minimum absolute atomic E-state index is 0.0902. The second kappa shape index (κ2) is 5.17. The van der Waals surface area contributed by atoms with Crippen molar-refractivity contribution in [3.8, 4) is 12.1 Å². The molecule has 0 aliphatic heterocycles. The van der Waals surface area contributed by atoms with Gasteiger partial charge in [0, 0.05) is 18.0 Å². The van der Waals surface area contributed by atoms with Crippen molar-refractivity contribution in [1.29, 1.82) is 10.5 Å². The van der Waals surface area contributed by atoms with Crippen molar-refractivity contribution >= 4 is 27.2 Å². The third-order valence-corrected chi connectivity index (χ3v) is 3.26. The summed E-state index contributed by atoms with van der Waals surface area (Å²) in [6.07, 6.45) is 2.98. The first-order valence-electron chi connectivity index (χ1n) is 5.11. The molecular formula is C12H7N5OS. The normalized spacial score (nSPS) is 9.37. The van der Waals surface area contributed by atoms with Crippen molar-refractivity contribution in [1.82, 2.24) is 4.98 Å². The number of nitrogens with one attached hydrogen (secondary N) is 1. The molecule has 2 rings (SSSR count). The van der Waals surface area contributed by atoms with Gasteiger partial charge in [0.25, 0.3) is 5.91 Å². The molecule has 0 radical (unpaired) electrons. The Morgan fingerprint density at radius 2 is 1.89 bits per heavy atom. The Hall–Kier alpha value is -2.90. The number of rotatable bonds is 2. The molecule has 0 bridgehead atoms. The zero-order valence-corrected chi connectivity index (χ0v) is 10.4. The molecular weight excluding hydrogens is 262 g/mol. The quantitative estimate of drug-likeness (QED) is 0.861. The number of nitrogen functional groups attached to an aromatic ring is 1. The minimum atomic E-state index is -0.385. The fourth-order valence-electron chi connectivity index (χ4n) is 1.43. The lowest BCUT2D eigenvalue weighted by Gasteiger charge is -2.02. The van der Waals surface area contributed by atoms with Crippen molar-refractivity contribution in [3.05, 3.63) is 41.2 Å². The highest BCUT2D eigenvalue weighted by atomic mass is 32.1. The van der Waals surface area contributed by atoms with E-state index in [-0.39, 0.29) is 27.0 Å². The number of hydrogen-bond acceptors (Lipinski definition) is 6. The van der Waals surface area contributed by atoms with Crippen LogP contribution in [0.1, 0.15) is 21.5 Å². The summed E-state index contributed by atoms with van der Waals surface area (Å²) in [5.74, 6) is -0.385. The van der Waals surface area contributed by atoms with Gasteiger partial charge < -0.3 is 11.1 Å². The maximum atomic E-state index is 11.9. The molecule has 2 heterocycles. The summed E-state index contributed by atoms with van der Waals surface area (Å²) < 4.78 is 0. The van der Waals surface area contributed by atoms with Crippen molar-refractivity contribution in [3.63, 3.8) is 0 Å². The van der Waals surface area contributed by atoms with Crippen LogP contribution < -0.4 is 11.1 Å². The lowest BCUT2D eigenvalue weighted by molar-refractivity contribution is 0.102. The Morgan fingerprint density at radius 1 is 1.26 bits per heavy atom. The number of carbonyl (C=O) groups is 1. The van der Waals surface area contributed by atoms with Crippen LogP contribution in [0.4, 0.5) is 10.0 Å². The van der Waals surface area contributed by atoms with E-state index in [1.165, 1.54) is 12.4 Å². The number of nitriles is 2. The van der Waals surface area contributed by atoms with Gasteiger partial charge in [0.1, 0.15) is 33.3 Å². The third kappa shape index (κ3) is 2.37. The SMILES string of the molecule is N#Cc1c(N)sc(NC(=O)c2ccncc2)c1C#N. The van der Waals surface area contributed by atoms with Gasteiger partial charge in [-0.3, -0.25) is 9.78 Å². The van der Waals surface area contributed by atoms with Gasteiger partial charge in [0.15, 0.2) is 0 Å². The molecule has 19 heavy (non-hydrogen) atoms. The summed E-state index contributed by atoms with van der Waals surface area (Å²) in [6.45, 7) is 0. The largest absolute Gasteiger partial charge is 0.389 e. The van der Waals surface area contributed by atoms with Crippen LogP contribution in [-0.4, -0.2) is 10.9 Å². The average Bonchev–Trinajstić information content (AvgIpc) is 2.74. The molecule has 0 atom stereocenters. The van der Waals surface area contributed by atoms with Crippen LogP contribution >= 0.6 is 11.3 Å². The van der Waals surface area contributed by atoms with Crippen molar-refractivity contribution in [2.24, 2.45) is 0 Å². The molecule has 0 aromatic carbocycles. The van der Waals surface area contributed by atoms with Gasteiger partial charge in [-0.05, 0) is 12.1 Å². The van der Waals surface area contributed by atoms with Crippen LogP contribution in [0.3, 0.4) is 0 Å². The molecule has 0 aliphatic carbocycles. The third-order valence-electron chi connectivity index (χ3n) is 2.33. The summed E-state index contributed by atoms with van der Waals surface area (Å²) >= 11 is 0.998. The fourth-order valence-corrected chi connectivity index (χ4v) is 2.30. The number of hydrogen-bond donors (Lipinski definition) is 2. The van der Waals surface area contributed by atoms with Gasteiger partial charge in [-0.25, -0.2) is 0 Å². The molecule has 0 aliphatic rings. The van der Waals surface area contributed by atoms with Crippen molar-refractivity contribution < 1.29 is 4.79 Å². The van der Waals surface area contributed by atoms with Gasteiger partial charge in [0.05, 0.1) is 0 Å². The predicted molar refractivity (Wildman–Crippen MR) is 70.4 cm³/mol. The van der Waals surface area contributed by atoms with Crippen LogP contribution in [0.25, 0.3) is 0 Å². The van der Waals surface area contributed by atoms with E-state index in [4.69, 9.17) is 16.3 Å². The number of amides is 1. The second-order valence-electron chi connectivity index (χ2n) is 3.46. The number of carbonyl (C=O) groups excluding carboxylic acids is 1. The fraction of sp³-hybridized carbons (Fsp3) is 0. The summed E-state index contributed by atoms with van der Waals surface area (Å²) in [7, 11) is 0. The molecule has 1 amide bonds. The Bertz CT molecular complexity index is 708. The summed E-state index contributed by atoms with van der Waals surface area (Å²) in [6, 6.07) is 6.81. The van der Waals surface area contributed by atoms with Crippen LogP contribution in [0, 0.1) is 22.7 Å². The number of nitrogens with zero attached hydrogens (tertiary/aromatic N) is 3. The maximum absolute atomic E-state index is 11.9. The summed E-state index contributed by atoms with van der Waals surface area (Å²) in [4.78, 5) is 15.7. The van der Waals surface area contributed by atoms with E-state index in [0.717, 1.165) is 11.3 Å². The highest BCUT2D eigenvalue weighted by molar-refractivity contribution is 7.20. The smallest absolute Gasteiger partial charge is 0.256 e. The lowest BCUT2D eigenvalue weighted by Crippen LogP contribution is -2.11. The van der Waals surface area contributed by atoms with E-state index in [0.29, 0.717) is 5.56 Å². The minimum Gasteiger partial charge on any atom is -0.389 e. The Morgan fingerprint density at radius 3 is 2.47 bits per heavy atom. The standard InChI is InChI=1S/C12H7N5OS/c13-5-8-9(6-14)12(19-10(8)15)17-11(18)7-1-3-16-4-2-7/h1-4H,15H2,(H,17,18). The number of nitrogens with two attached hydrogens (primary N) is 1. The molecule has 0 saturated carbocycles. The highest BCUT2D eigenvalue weighted by Gasteiger charge is 2.18. The van der Waals surface area contributed by atoms with Crippen LogP contribution in [0.5, 0.6) is 0 Å². The van der Waals surface area contributed by atoms with E-state index >= 15 is 0 Å². The number of thiophene rings is 1. The zero-order chi connectivity index (χ0) is 13.8. The molecule has 0 saturated heterocycles. The number of aromatic nitrogens is 1. The summed E-state index contributed by atoms with van der Waals surface area (Å²) in [5.41, 5.74) is 6.22. The Kier molecular flexibility index (Phi) is 3.42. The first-order chi connectivity index (χ1) is 9.17. The maximum Gasteiger partial charge on any atom is 0.256 e. The molecule has 2 aromatic heterocycles. The topological polar surface area (TPSA) is 116 Å². The Labute approximate surface area is 112 Å². The number of anilines is 2. The molecule has 0 fully saturated rings. The summed E-state index contributed by atoms with van der Waals surface area (Å²) in [5, 5.41) is 21.0. The average molecular weight is 269 g/mol. The number of pyridine rings is 1. The monoisotopic (exact) mass is 269 g/mol. The van der Waals surface area contributed by atoms with Crippen molar-refractivity contribution in [2.75, 3.05) is 11.1 Å². The van der Waals surface area contributed by atoms with E-state index < -0.39 is 0 Å². The van der Waals surface area contributed by atoms with Gasteiger partial charge in [-0.15, -0.1) is 0 Å². The van der Waals surface area contributed by atoms with Gasteiger partial charge in [-0.1, -0.05) is 11.3 Å². The molecule has 2 aromatic rings. The van der Waals surface area contributed by atoms with E-state index in [1.54, 1.807) is 12.1 Å². The van der Waals surface area contributed by atoms with E-state index in [2.05, 4.69) is 10.3 Å².